The minimum atomic E-state index is -4.58. The summed E-state index contributed by atoms with van der Waals surface area (Å²) in [6, 6.07) is 1.74. The van der Waals surface area contributed by atoms with Gasteiger partial charge in [-0.3, -0.25) is 0 Å². The maximum absolute atomic E-state index is 12.9. The monoisotopic (exact) mass is 342 g/mol. The number of aromatic nitrogens is 4. The first-order valence-electron chi connectivity index (χ1n) is 7.95. The first kappa shape index (κ1) is 16.9. The molecule has 1 aliphatic heterocycles. The molecule has 0 bridgehead atoms. The van der Waals surface area contributed by atoms with Crippen molar-refractivity contribution < 1.29 is 13.2 Å². The molecule has 1 aliphatic rings. The summed E-state index contributed by atoms with van der Waals surface area (Å²) in [5, 5.41) is 3.62. The van der Waals surface area contributed by atoms with Crippen molar-refractivity contribution in [3.05, 3.63) is 17.6 Å². The molecule has 2 aromatic rings. The Balaban J connectivity index is 1.91. The lowest BCUT2D eigenvalue weighted by Crippen LogP contribution is -2.38. The minimum Gasteiger partial charge on any atom is -0.359 e. The molecule has 1 unspecified atom stereocenters. The lowest BCUT2D eigenvalue weighted by Gasteiger charge is -2.33. The normalized spacial score (nSPS) is 19.8. The van der Waals surface area contributed by atoms with Crippen LogP contribution in [0, 0.1) is 12.8 Å². The van der Waals surface area contributed by atoms with Crippen LogP contribution >= 0.6 is 0 Å². The van der Waals surface area contributed by atoms with E-state index in [-0.39, 0.29) is 5.78 Å². The number of anilines is 1. The lowest BCUT2D eigenvalue weighted by atomic mass is 9.98. The first-order valence-corrected chi connectivity index (χ1v) is 7.95. The Bertz CT molecular complexity index is 726. The molecule has 0 radical (unpaired) electrons. The van der Waals surface area contributed by atoms with Crippen molar-refractivity contribution >= 4 is 11.6 Å². The Hall–Kier alpha value is -1.90. The quantitative estimate of drug-likeness (QED) is 0.856. The highest BCUT2D eigenvalue weighted by atomic mass is 19.4. The third-order valence-corrected chi connectivity index (χ3v) is 4.32. The van der Waals surface area contributed by atoms with Crippen LogP contribution in [0.4, 0.5) is 19.0 Å². The van der Waals surface area contributed by atoms with Crippen LogP contribution < -0.4 is 4.90 Å². The molecule has 0 aliphatic carbocycles. The molecule has 3 rings (SSSR count). The second-order valence-corrected chi connectivity index (χ2v) is 6.55. The average molecular weight is 342 g/mol. The summed E-state index contributed by atoms with van der Waals surface area (Å²) in [6.07, 6.45) is -2.32. The maximum atomic E-state index is 12.9. The van der Waals surface area contributed by atoms with Gasteiger partial charge in [0, 0.05) is 31.9 Å². The van der Waals surface area contributed by atoms with Crippen LogP contribution in [-0.4, -0.2) is 58.2 Å². The number of rotatable bonds is 3. The summed E-state index contributed by atoms with van der Waals surface area (Å²) in [6.45, 7) is 4.58. The topological polar surface area (TPSA) is 49.6 Å². The zero-order valence-corrected chi connectivity index (χ0v) is 14.0. The van der Waals surface area contributed by atoms with Crippen molar-refractivity contribution in [2.75, 3.05) is 38.6 Å². The van der Waals surface area contributed by atoms with Gasteiger partial charge in [0.15, 0.2) is 0 Å². The SMILES string of the molecule is Cc1cc(N(C)CC2CCCN(C)C2)n2nc(C(F)(F)F)nc2n1. The van der Waals surface area contributed by atoms with Crippen LogP contribution in [0.2, 0.25) is 0 Å². The van der Waals surface area contributed by atoms with Gasteiger partial charge in [0.2, 0.25) is 0 Å². The molecular formula is C15H21F3N6. The molecule has 6 nitrogen and oxygen atoms in total. The molecule has 2 aromatic heterocycles. The van der Waals surface area contributed by atoms with E-state index in [4.69, 9.17) is 0 Å². The lowest BCUT2D eigenvalue weighted by molar-refractivity contribution is -0.144. The van der Waals surface area contributed by atoms with Crippen molar-refractivity contribution in [2.24, 2.45) is 5.92 Å². The predicted molar refractivity (Wildman–Crippen MR) is 84.0 cm³/mol. The minimum absolute atomic E-state index is 0.0232. The van der Waals surface area contributed by atoms with Gasteiger partial charge in [-0.2, -0.15) is 22.7 Å². The number of hydrogen-bond acceptors (Lipinski definition) is 5. The number of piperidine rings is 1. The van der Waals surface area contributed by atoms with Gasteiger partial charge < -0.3 is 9.80 Å². The van der Waals surface area contributed by atoms with Gasteiger partial charge in [0.25, 0.3) is 11.6 Å². The fourth-order valence-corrected chi connectivity index (χ4v) is 3.26. The van der Waals surface area contributed by atoms with Crippen molar-refractivity contribution in [3.8, 4) is 0 Å². The number of likely N-dealkylation sites (tertiary alicyclic amines) is 1. The largest absolute Gasteiger partial charge is 0.453 e. The first-order chi connectivity index (χ1) is 11.2. The van der Waals surface area contributed by atoms with Gasteiger partial charge in [0.05, 0.1) is 0 Å². The summed E-state index contributed by atoms with van der Waals surface area (Å²) in [5.41, 5.74) is 0.617. The molecular weight excluding hydrogens is 321 g/mol. The van der Waals surface area contributed by atoms with E-state index in [1.54, 1.807) is 13.0 Å². The van der Waals surface area contributed by atoms with Gasteiger partial charge in [0.1, 0.15) is 5.82 Å². The maximum Gasteiger partial charge on any atom is 0.453 e. The molecule has 0 spiro atoms. The number of alkyl halides is 3. The predicted octanol–water partition coefficient (Wildman–Crippen LogP) is 2.23. The van der Waals surface area contributed by atoms with Crippen LogP contribution in [0.5, 0.6) is 0 Å². The molecule has 3 heterocycles. The van der Waals surface area contributed by atoms with Crippen LogP contribution in [0.1, 0.15) is 24.4 Å². The highest BCUT2D eigenvalue weighted by Crippen LogP contribution is 2.28. The third kappa shape index (κ3) is 3.45. The van der Waals surface area contributed by atoms with Crippen LogP contribution in [0.25, 0.3) is 5.78 Å². The molecule has 0 amide bonds. The second-order valence-electron chi connectivity index (χ2n) is 6.55. The summed E-state index contributed by atoms with van der Waals surface area (Å²) < 4.78 is 39.9. The van der Waals surface area contributed by atoms with E-state index in [0.717, 1.165) is 32.5 Å². The highest BCUT2D eigenvalue weighted by molar-refractivity contribution is 5.47. The van der Waals surface area contributed by atoms with Gasteiger partial charge >= 0.3 is 6.18 Å². The van der Waals surface area contributed by atoms with E-state index in [9.17, 15) is 13.2 Å². The number of fused-ring (bicyclic) bond motifs is 1. The van der Waals surface area contributed by atoms with Crippen molar-refractivity contribution in [3.63, 3.8) is 0 Å². The van der Waals surface area contributed by atoms with E-state index in [1.165, 1.54) is 4.52 Å². The Labute approximate surface area is 138 Å². The van der Waals surface area contributed by atoms with E-state index in [2.05, 4.69) is 27.0 Å². The highest BCUT2D eigenvalue weighted by Gasteiger charge is 2.37. The Morgan fingerprint density at radius 3 is 2.75 bits per heavy atom. The molecule has 1 saturated heterocycles. The van der Waals surface area contributed by atoms with Gasteiger partial charge in [-0.05, 0) is 39.3 Å². The van der Waals surface area contributed by atoms with Crippen molar-refractivity contribution in [2.45, 2.75) is 25.9 Å². The molecule has 24 heavy (non-hydrogen) atoms. The average Bonchev–Trinajstić information content (AvgIpc) is 2.90. The fourth-order valence-electron chi connectivity index (χ4n) is 3.26. The van der Waals surface area contributed by atoms with Crippen LogP contribution in [0.3, 0.4) is 0 Å². The second kappa shape index (κ2) is 6.19. The van der Waals surface area contributed by atoms with E-state index >= 15 is 0 Å². The van der Waals surface area contributed by atoms with E-state index in [1.807, 2.05) is 11.9 Å². The summed E-state index contributed by atoms with van der Waals surface area (Å²) in [4.78, 5) is 11.8. The Kier molecular flexibility index (Phi) is 4.37. The standard InChI is InChI=1S/C15H21F3N6/c1-10-7-12(23(3)9-11-5-4-6-22(2)8-11)24-14(19-10)20-13(21-24)15(16,17)18/h7,11H,4-6,8-9H2,1-3H3. The molecule has 1 atom stereocenters. The molecule has 0 saturated carbocycles. The summed E-state index contributed by atoms with van der Waals surface area (Å²) >= 11 is 0. The molecule has 9 heteroatoms. The Morgan fingerprint density at radius 2 is 2.08 bits per heavy atom. The number of nitrogens with zero attached hydrogens (tertiary/aromatic N) is 6. The molecule has 132 valence electrons. The summed E-state index contributed by atoms with van der Waals surface area (Å²) in [7, 11) is 3.96. The van der Waals surface area contributed by atoms with Gasteiger partial charge in [-0.1, -0.05) is 0 Å². The fraction of sp³-hybridized carbons (Fsp3) is 0.667. The molecule has 0 N–H and O–H groups in total. The van der Waals surface area contributed by atoms with Gasteiger partial charge in [-0.25, -0.2) is 4.98 Å². The van der Waals surface area contributed by atoms with Crippen molar-refractivity contribution in [1.82, 2.24) is 24.5 Å². The Morgan fingerprint density at radius 1 is 1.33 bits per heavy atom. The van der Waals surface area contributed by atoms with Crippen molar-refractivity contribution in [1.29, 1.82) is 0 Å². The van der Waals surface area contributed by atoms with Crippen LogP contribution in [-0.2, 0) is 6.18 Å². The van der Waals surface area contributed by atoms with Crippen LogP contribution in [0.15, 0.2) is 6.07 Å². The molecule has 1 fully saturated rings. The summed E-state index contributed by atoms with van der Waals surface area (Å²) in [5.74, 6) is -0.130. The van der Waals surface area contributed by atoms with Gasteiger partial charge in [-0.15, -0.1) is 5.10 Å². The van der Waals surface area contributed by atoms with E-state index < -0.39 is 12.0 Å². The zero-order valence-electron chi connectivity index (χ0n) is 14.0. The smallest absolute Gasteiger partial charge is 0.359 e. The molecule has 0 aromatic carbocycles. The number of aryl methyl sites for hydroxylation is 1. The number of hydrogen-bond donors (Lipinski definition) is 0. The third-order valence-electron chi connectivity index (χ3n) is 4.32. The number of halogens is 3. The zero-order chi connectivity index (χ0) is 17.5. The van der Waals surface area contributed by atoms with E-state index in [0.29, 0.717) is 17.4 Å².